The van der Waals surface area contributed by atoms with Crippen LogP contribution in [0.4, 0.5) is 11.4 Å². The Morgan fingerprint density at radius 1 is 1.11 bits per heavy atom. The largest absolute Gasteiger partial charge is 0.378 e. The first kappa shape index (κ1) is 19.2. The highest BCUT2D eigenvalue weighted by atomic mass is 35.5. The van der Waals surface area contributed by atoms with Crippen LogP contribution in [0, 0.1) is 11.3 Å². The SMILES string of the molecule is N#C/C(=C\c1ccc(N2CCOCC2)cc1)C(=O)Nc1cc(Cl)cc(Cl)c1. The maximum atomic E-state index is 12.4. The maximum Gasteiger partial charge on any atom is 0.266 e. The fraction of sp³-hybridized carbons (Fsp3) is 0.200. The smallest absolute Gasteiger partial charge is 0.266 e. The number of halogens is 2. The number of hydrogen-bond donors (Lipinski definition) is 1. The van der Waals surface area contributed by atoms with Gasteiger partial charge in [-0.1, -0.05) is 35.3 Å². The molecule has 2 aromatic carbocycles. The molecule has 0 radical (unpaired) electrons. The van der Waals surface area contributed by atoms with E-state index in [2.05, 4.69) is 10.2 Å². The number of nitriles is 1. The predicted octanol–water partition coefficient (Wildman–Crippen LogP) is 4.38. The van der Waals surface area contributed by atoms with Crippen molar-refractivity contribution in [2.45, 2.75) is 0 Å². The first-order valence-corrected chi connectivity index (χ1v) is 9.13. The average Bonchev–Trinajstić information content (AvgIpc) is 2.66. The molecule has 1 heterocycles. The molecule has 27 heavy (non-hydrogen) atoms. The van der Waals surface area contributed by atoms with Gasteiger partial charge in [0.1, 0.15) is 11.6 Å². The molecular weight excluding hydrogens is 385 g/mol. The molecular formula is C20H17Cl2N3O2. The summed E-state index contributed by atoms with van der Waals surface area (Å²) in [6.07, 6.45) is 1.55. The molecule has 5 nitrogen and oxygen atoms in total. The second kappa shape index (κ2) is 8.92. The second-order valence-corrected chi connectivity index (χ2v) is 6.85. The van der Waals surface area contributed by atoms with Gasteiger partial charge in [0, 0.05) is 34.5 Å². The third kappa shape index (κ3) is 5.24. The van der Waals surface area contributed by atoms with Crippen molar-refractivity contribution < 1.29 is 9.53 Å². The summed E-state index contributed by atoms with van der Waals surface area (Å²) in [5, 5.41) is 12.8. The van der Waals surface area contributed by atoms with Crippen LogP contribution in [0.25, 0.3) is 6.08 Å². The Labute approximate surface area is 167 Å². The summed E-state index contributed by atoms with van der Waals surface area (Å²) < 4.78 is 5.35. The zero-order valence-corrected chi connectivity index (χ0v) is 15.9. The number of carbonyl (C=O) groups is 1. The zero-order valence-electron chi connectivity index (χ0n) is 14.4. The topological polar surface area (TPSA) is 65.4 Å². The molecule has 7 heteroatoms. The molecule has 0 aromatic heterocycles. The molecule has 0 unspecified atom stereocenters. The summed E-state index contributed by atoms with van der Waals surface area (Å²) in [6.45, 7) is 3.13. The van der Waals surface area contributed by atoms with E-state index in [-0.39, 0.29) is 5.57 Å². The number of hydrogen-bond acceptors (Lipinski definition) is 4. The molecule has 3 rings (SSSR count). The molecule has 1 amide bonds. The minimum Gasteiger partial charge on any atom is -0.378 e. The van der Waals surface area contributed by atoms with Crippen LogP contribution in [0.1, 0.15) is 5.56 Å². The fourth-order valence-electron chi connectivity index (χ4n) is 2.74. The highest BCUT2D eigenvalue weighted by molar-refractivity contribution is 6.35. The van der Waals surface area contributed by atoms with E-state index < -0.39 is 5.91 Å². The number of nitrogens with zero attached hydrogens (tertiary/aromatic N) is 2. The quantitative estimate of drug-likeness (QED) is 0.609. The van der Waals surface area contributed by atoms with E-state index >= 15 is 0 Å². The van der Waals surface area contributed by atoms with Crippen molar-refractivity contribution in [1.82, 2.24) is 0 Å². The van der Waals surface area contributed by atoms with Gasteiger partial charge in [0.05, 0.1) is 13.2 Å². The van der Waals surface area contributed by atoms with Gasteiger partial charge in [-0.25, -0.2) is 0 Å². The van der Waals surface area contributed by atoms with Crippen LogP contribution in [-0.2, 0) is 9.53 Å². The molecule has 0 saturated carbocycles. The van der Waals surface area contributed by atoms with E-state index in [0.29, 0.717) is 28.9 Å². The van der Waals surface area contributed by atoms with Gasteiger partial charge in [-0.15, -0.1) is 0 Å². The Morgan fingerprint density at radius 3 is 2.33 bits per heavy atom. The molecule has 1 aliphatic rings. The Kier molecular flexibility index (Phi) is 6.36. The first-order chi connectivity index (χ1) is 13.0. The van der Waals surface area contributed by atoms with E-state index in [4.69, 9.17) is 27.9 Å². The van der Waals surface area contributed by atoms with Crippen LogP contribution in [-0.4, -0.2) is 32.2 Å². The summed E-state index contributed by atoms with van der Waals surface area (Å²) in [6, 6.07) is 14.3. The van der Waals surface area contributed by atoms with E-state index in [1.165, 1.54) is 0 Å². The van der Waals surface area contributed by atoms with Crippen LogP contribution in [0.5, 0.6) is 0 Å². The third-order valence-corrected chi connectivity index (χ3v) is 4.50. The zero-order chi connectivity index (χ0) is 19.2. The number of rotatable bonds is 4. The van der Waals surface area contributed by atoms with Gasteiger partial charge in [0.2, 0.25) is 0 Å². The minimum atomic E-state index is -0.520. The summed E-state index contributed by atoms with van der Waals surface area (Å²) in [5.41, 5.74) is 2.28. The Hall–Kier alpha value is -2.52. The maximum absolute atomic E-state index is 12.4. The Balaban J connectivity index is 1.73. The molecule has 1 fully saturated rings. The molecule has 1 aliphatic heterocycles. The number of amides is 1. The molecule has 1 N–H and O–H groups in total. The lowest BCUT2D eigenvalue weighted by Gasteiger charge is -2.28. The number of carbonyl (C=O) groups excluding carboxylic acids is 1. The van der Waals surface area contributed by atoms with Gasteiger partial charge >= 0.3 is 0 Å². The monoisotopic (exact) mass is 401 g/mol. The minimum absolute atomic E-state index is 0.00906. The molecule has 0 spiro atoms. The van der Waals surface area contributed by atoms with Gasteiger partial charge < -0.3 is 15.0 Å². The van der Waals surface area contributed by atoms with Gasteiger partial charge in [-0.3, -0.25) is 4.79 Å². The molecule has 138 valence electrons. The summed E-state index contributed by atoms with van der Waals surface area (Å²) >= 11 is 11.9. The normalized spacial score (nSPS) is 14.6. The van der Waals surface area contributed by atoms with Crippen molar-refractivity contribution in [3.63, 3.8) is 0 Å². The standard InChI is InChI=1S/C20H17Cl2N3O2/c21-16-10-17(22)12-18(11-16)24-20(26)15(13-23)9-14-1-3-19(4-2-14)25-5-7-27-8-6-25/h1-4,9-12H,5-8H2,(H,24,26)/b15-9+. The lowest BCUT2D eigenvalue weighted by molar-refractivity contribution is -0.112. The third-order valence-electron chi connectivity index (χ3n) is 4.07. The molecule has 0 aliphatic carbocycles. The summed E-state index contributed by atoms with van der Waals surface area (Å²) in [5.74, 6) is -0.520. The Morgan fingerprint density at radius 2 is 1.74 bits per heavy atom. The molecule has 0 atom stereocenters. The van der Waals surface area contributed by atoms with Crippen molar-refractivity contribution in [2.24, 2.45) is 0 Å². The van der Waals surface area contributed by atoms with Crippen LogP contribution in [0.3, 0.4) is 0 Å². The van der Waals surface area contributed by atoms with E-state index in [1.807, 2.05) is 30.3 Å². The highest BCUT2D eigenvalue weighted by Crippen LogP contribution is 2.23. The number of nitrogens with one attached hydrogen (secondary N) is 1. The Bertz CT molecular complexity index is 878. The van der Waals surface area contributed by atoms with Crippen molar-refractivity contribution >= 4 is 46.6 Å². The van der Waals surface area contributed by atoms with Crippen molar-refractivity contribution in [1.29, 1.82) is 5.26 Å². The number of morpholine rings is 1. The molecule has 2 aromatic rings. The van der Waals surface area contributed by atoms with Gasteiger partial charge in [-0.05, 0) is 42.0 Å². The fourth-order valence-corrected chi connectivity index (χ4v) is 3.27. The van der Waals surface area contributed by atoms with Crippen molar-refractivity contribution in [3.8, 4) is 6.07 Å². The predicted molar refractivity (Wildman–Crippen MR) is 108 cm³/mol. The van der Waals surface area contributed by atoms with Crippen LogP contribution in [0.15, 0.2) is 48.0 Å². The van der Waals surface area contributed by atoms with E-state index in [9.17, 15) is 10.1 Å². The summed E-state index contributed by atoms with van der Waals surface area (Å²) in [4.78, 5) is 14.6. The lowest BCUT2D eigenvalue weighted by Crippen LogP contribution is -2.36. The van der Waals surface area contributed by atoms with E-state index in [0.717, 1.165) is 24.3 Å². The first-order valence-electron chi connectivity index (χ1n) is 8.37. The number of ether oxygens (including phenoxy) is 1. The van der Waals surface area contributed by atoms with Gasteiger partial charge in [0.15, 0.2) is 0 Å². The van der Waals surface area contributed by atoms with Crippen molar-refractivity contribution in [2.75, 3.05) is 36.5 Å². The van der Waals surface area contributed by atoms with Crippen LogP contribution in [0.2, 0.25) is 10.0 Å². The number of benzene rings is 2. The molecule has 0 bridgehead atoms. The van der Waals surface area contributed by atoms with Crippen LogP contribution >= 0.6 is 23.2 Å². The van der Waals surface area contributed by atoms with Gasteiger partial charge in [-0.2, -0.15) is 5.26 Å². The molecule has 1 saturated heterocycles. The average molecular weight is 402 g/mol. The van der Waals surface area contributed by atoms with E-state index in [1.54, 1.807) is 24.3 Å². The summed E-state index contributed by atoms with van der Waals surface area (Å²) in [7, 11) is 0. The van der Waals surface area contributed by atoms with Gasteiger partial charge in [0.25, 0.3) is 5.91 Å². The highest BCUT2D eigenvalue weighted by Gasteiger charge is 2.12. The number of anilines is 2. The second-order valence-electron chi connectivity index (χ2n) is 5.97. The lowest BCUT2D eigenvalue weighted by atomic mass is 10.1. The van der Waals surface area contributed by atoms with Crippen molar-refractivity contribution in [3.05, 3.63) is 63.6 Å². The van der Waals surface area contributed by atoms with Crippen LogP contribution < -0.4 is 10.2 Å².